The van der Waals surface area contributed by atoms with Gasteiger partial charge in [-0.25, -0.2) is 16.8 Å². The molecule has 6 N–H and O–H groups in total. The first-order valence-electron chi connectivity index (χ1n) is 16.1. The summed E-state index contributed by atoms with van der Waals surface area (Å²) in [6.45, 7) is -1.06. The molecule has 0 radical (unpaired) electrons. The van der Waals surface area contributed by atoms with Gasteiger partial charge in [0.05, 0.1) is 9.79 Å². The van der Waals surface area contributed by atoms with Gasteiger partial charge >= 0.3 is 0 Å². The number of carbonyl (C=O) groups is 4. The largest absolute Gasteiger partial charge is 0.359 e. The summed E-state index contributed by atoms with van der Waals surface area (Å²) < 4.78 is 56.8. The van der Waals surface area contributed by atoms with Crippen LogP contribution in [0, 0.1) is 0 Å². The Morgan fingerprint density at radius 3 is 1.79 bits per heavy atom. The van der Waals surface area contributed by atoms with Crippen LogP contribution in [-0.4, -0.2) is 124 Å². The molecule has 1 aromatic heterocycles. The lowest BCUT2D eigenvalue weighted by atomic mass is 10.2. The number of anilines is 3. The van der Waals surface area contributed by atoms with Crippen LogP contribution < -0.4 is 31.9 Å². The molecule has 4 amide bonds. The van der Waals surface area contributed by atoms with E-state index < -0.39 is 37.9 Å². The van der Waals surface area contributed by atoms with Gasteiger partial charge in [-0.3, -0.25) is 19.2 Å². The Kier molecular flexibility index (Phi) is 15.8. The molecule has 0 saturated heterocycles. The summed E-state index contributed by atoms with van der Waals surface area (Å²) in [5.74, 6) is -2.20. The Morgan fingerprint density at radius 2 is 1.23 bits per heavy atom. The van der Waals surface area contributed by atoms with E-state index in [4.69, 9.17) is 11.6 Å². The highest BCUT2D eigenvalue weighted by Gasteiger charge is 2.36. The molecule has 0 aliphatic carbocycles. The van der Waals surface area contributed by atoms with Gasteiger partial charge in [-0.1, -0.05) is 24.3 Å². The van der Waals surface area contributed by atoms with Crippen molar-refractivity contribution in [2.24, 2.45) is 0 Å². The van der Waals surface area contributed by atoms with E-state index in [0.29, 0.717) is 0 Å². The summed E-state index contributed by atoms with van der Waals surface area (Å²) in [5, 5.41) is 15.1. The van der Waals surface area contributed by atoms with Gasteiger partial charge in [0.1, 0.15) is 6.04 Å². The summed E-state index contributed by atoms with van der Waals surface area (Å²) in [6.07, 6.45) is -0.507. The zero-order valence-corrected chi connectivity index (χ0v) is 31.8. The lowest BCUT2D eigenvalue weighted by Gasteiger charge is -2.29. The van der Waals surface area contributed by atoms with Crippen LogP contribution >= 0.6 is 11.6 Å². The number of likely N-dealkylation sites (N-methyl/N-ethyl adjacent to an activating group) is 1. The molecule has 1 atom stereocenters. The monoisotopic (exact) mass is 795 g/mol. The molecule has 0 aliphatic rings. The summed E-state index contributed by atoms with van der Waals surface area (Å²) in [6, 6.07) is 11.7. The van der Waals surface area contributed by atoms with Crippen molar-refractivity contribution >= 4 is 72.9 Å². The van der Waals surface area contributed by atoms with E-state index in [0.717, 1.165) is 8.61 Å². The number of halogens is 1. The van der Waals surface area contributed by atoms with Gasteiger partial charge in [0.2, 0.25) is 60.9 Å². The van der Waals surface area contributed by atoms with Crippen molar-refractivity contribution in [2.45, 2.75) is 35.1 Å². The topological polar surface area (TPSA) is 254 Å². The molecule has 1 heterocycles. The fourth-order valence-corrected chi connectivity index (χ4v) is 8.00. The molecule has 288 valence electrons. The summed E-state index contributed by atoms with van der Waals surface area (Å²) in [7, 11) is -2.90. The zero-order chi connectivity index (χ0) is 39.2. The molecule has 1 unspecified atom stereocenters. The second-order valence-electron chi connectivity index (χ2n) is 11.0. The van der Waals surface area contributed by atoms with E-state index in [9.17, 15) is 36.0 Å². The smallest absolute Gasteiger partial charge is 0.243 e. The lowest BCUT2D eigenvalue weighted by Crippen LogP contribution is -2.53. The maximum atomic E-state index is 13.8. The maximum Gasteiger partial charge on any atom is 0.243 e. The van der Waals surface area contributed by atoms with Gasteiger partial charge in [0.15, 0.2) is 0 Å². The van der Waals surface area contributed by atoms with Crippen LogP contribution in [0.5, 0.6) is 0 Å². The predicted octanol–water partition coefficient (Wildman–Crippen LogP) is -0.115. The standard InChI is InChI=1S/C31H42ClN11O8S2/c1-33-25(44)13-16-42(17-14-26(45)34-2)52(48,49)23-12-8-9-21(19-23)38-31-40-29(32)39-30(41-31)37-20-24(28(47)36-4)43(18-15-27(46)35-3)53(50,51)22-10-6-5-7-11-22/h5-12,19,24H,13-18,20H2,1-4H3,(H,33,44)(H,34,45)(H,35,46)(H,36,47)(H2,37,38,39,40,41). The molecular weight excluding hydrogens is 754 g/mol. The number of nitrogens with one attached hydrogen (secondary N) is 6. The molecule has 0 fully saturated rings. The molecule has 0 aliphatic heterocycles. The van der Waals surface area contributed by atoms with Crippen LogP contribution in [-0.2, 0) is 39.2 Å². The first kappa shape index (κ1) is 42.5. The van der Waals surface area contributed by atoms with Crippen LogP contribution in [0.1, 0.15) is 19.3 Å². The van der Waals surface area contributed by atoms with Crippen molar-refractivity contribution in [3.05, 3.63) is 59.9 Å². The third kappa shape index (κ3) is 12.0. The van der Waals surface area contributed by atoms with Crippen LogP contribution in [0.2, 0.25) is 5.28 Å². The normalized spacial score (nSPS) is 12.1. The highest BCUT2D eigenvalue weighted by Crippen LogP contribution is 2.24. The van der Waals surface area contributed by atoms with Crippen LogP contribution in [0.3, 0.4) is 0 Å². The van der Waals surface area contributed by atoms with Gasteiger partial charge in [-0.15, -0.1) is 0 Å². The molecule has 0 spiro atoms. The fraction of sp³-hybridized carbons (Fsp3) is 0.387. The first-order chi connectivity index (χ1) is 25.2. The number of rotatable bonds is 20. The number of carbonyl (C=O) groups excluding carboxylic acids is 4. The predicted molar refractivity (Wildman–Crippen MR) is 196 cm³/mol. The number of benzene rings is 2. The van der Waals surface area contributed by atoms with Crippen molar-refractivity contribution in [2.75, 3.05) is 65.0 Å². The van der Waals surface area contributed by atoms with Crippen molar-refractivity contribution < 1.29 is 36.0 Å². The van der Waals surface area contributed by atoms with Crippen LogP contribution in [0.4, 0.5) is 17.6 Å². The van der Waals surface area contributed by atoms with Gasteiger partial charge in [0, 0.05) is 79.3 Å². The van der Waals surface area contributed by atoms with E-state index in [2.05, 4.69) is 46.9 Å². The van der Waals surface area contributed by atoms with E-state index in [-0.39, 0.29) is 89.9 Å². The maximum absolute atomic E-state index is 13.8. The number of aromatic nitrogens is 3. The highest BCUT2D eigenvalue weighted by atomic mass is 35.5. The van der Waals surface area contributed by atoms with E-state index in [1.807, 2.05) is 0 Å². The van der Waals surface area contributed by atoms with E-state index in [1.54, 1.807) is 6.07 Å². The molecule has 3 aromatic rings. The Bertz CT molecular complexity index is 1950. The van der Waals surface area contributed by atoms with Gasteiger partial charge in [0.25, 0.3) is 0 Å². The molecule has 22 heteroatoms. The quantitative estimate of drug-likeness (QED) is 0.0874. The number of sulfonamides is 2. The van der Waals surface area contributed by atoms with Crippen LogP contribution in [0.25, 0.3) is 0 Å². The molecule has 0 bridgehead atoms. The number of nitrogens with zero attached hydrogens (tertiary/aromatic N) is 5. The first-order valence-corrected chi connectivity index (χ1v) is 19.3. The molecule has 19 nitrogen and oxygen atoms in total. The van der Waals surface area contributed by atoms with Crippen LogP contribution in [0.15, 0.2) is 64.4 Å². The fourth-order valence-electron chi connectivity index (χ4n) is 4.74. The van der Waals surface area contributed by atoms with Crippen molar-refractivity contribution in [3.63, 3.8) is 0 Å². The van der Waals surface area contributed by atoms with Crippen molar-refractivity contribution in [1.82, 2.24) is 44.8 Å². The van der Waals surface area contributed by atoms with Crippen molar-refractivity contribution in [1.29, 1.82) is 0 Å². The van der Waals surface area contributed by atoms with Gasteiger partial charge in [-0.2, -0.15) is 23.6 Å². The Labute approximate surface area is 312 Å². The number of hydrogen-bond acceptors (Lipinski definition) is 13. The van der Waals surface area contributed by atoms with E-state index >= 15 is 0 Å². The molecule has 2 aromatic carbocycles. The average molecular weight is 796 g/mol. The molecular formula is C31H42ClN11O8S2. The highest BCUT2D eigenvalue weighted by molar-refractivity contribution is 7.89. The zero-order valence-electron chi connectivity index (χ0n) is 29.4. The minimum absolute atomic E-state index is 0.0919. The third-order valence-electron chi connectivity index (χ3n) is 7.61. The third-order valence-corrected chi connectivity index (χ3v) is 11.6. The summed E-state index contributed by atoms with van der Waals surface area (Å²) in [4.78, 5) is 61.1. The Hall–Kier alpha value is -4.96. The van der Waals surface area contributed by atoms with Crippen molar-refractivity contribution in [3.8, 4) is 0 Å². The molecule has 3 rings (SSSR count). The Morgan fingerprint density at radius 1 is 0.679 bits per heavy atom. The summed E-state index contributed by atoms with van der Waals surface area (Å²) >= 11 is 6.19. The van der Waals surface area contributed by atoms with E-state index in [1.165, 1.54) is 76.7 Å². The van der Waals surface area contributed by atoms with Gasteiger partial charge < -0.3 is 31.9 Å². The SMILES string of the molecule is CNC(=O)CCN(CCC(=O)NC)S(=O)(=O)c1cccc(Nc2nc(Cl)nc(NCC(C(=O)NC)N(CCC(=O)NC)S(=O)(=O)c3ccccc3)n2)c1. The number of hydrogen-bond donors (Lipinski definition) is 6. The minimum atomic E-state index is -4.29. The second-order valence-corrected chi connectivity index (χ2v) is 15.2. The van der Waals surface area contributed by atoms with Gasteiger partial charge in [-0.05, 0) is 41.9 Å². The second kappa shape index (κ2) is 19.8. The minimum Gasteiger partial charge on any atom is -0.359 e. The summed E-state index contributed by atoms with van der Waals surface area (Å²) in [5.41, 5.74) is 0.217. The lowest BCUT2D eigenvalue weighted by molar-refractivity contribution is -0.125. The number of amides is 4. The molecule has 53 heavy (non-hydrogen) atoms. The molecule has 0 saturated carbocycles. The average Bonchev–Trinajstić information content (AvgIpc) is 3.15. The Balaban J connectivity index is 1.89.